The molecule has 5 rings (SSSR count). The molecular formula is C24H23N5OS. The third kappa shape index (κ3) is 4.36. The lowest BCUT2D eigenvalue weighted by molar-refractivity contribution is 0.102. The van der Waals surface area contributed by atoms with E-state index in [2.05, 4.69) is 27.3 Å². The molecule has 1 amide bonds. The molecule has 3 aromatic heterocycles. The highest BCUT2D eigenvalue weighted by Crippen LogP contribution is 2.28. The minimum absolute atomic E-state index is 0.182. The quantitative estimate of drug-likeness (QED) is 0.473. The van der Waals surface area contributed by atoms with E-state index in [1.54, 1.807) is 17.5 Å². The van der Waals surface area contributed by atoms with Gasteiger partial charge in [-0.25, -0.2) is 4.98 Å². The van der Waals surface area contributed by atoms with Crippen molar-refractivity contribution in [2.45, 2.75) is 19.4 Å². The molecule has 0 atom stereocenters. The van der Waals surface area contributed by atoms with Gasteiger partial charge in [0.05, 0.1) is 28.9 Å². The van der Waals surface area contributed by atoms with Gasteiger partial charge in [0.2, 0.25) is 0 Å². The van der Waals surface area contributed by atoms with Crippen molar-refractivity contribution in [2.24, 2.45) is 0 Å². The SMILES string of the molecule is O=C(Nc1ccc(N2CCCC2)nc1)c1cn(Cc2ccccc2)nc1-c1cccs1. The van der Waals surface area contributed by atoms with Crippen LogP contribution in [0.3, 0.4) is 0 Å². The minimum atomic E-state index is -0.182. The largest absolute Gasteiger partial charge is 0.357 e. The van der Waals surface area contributed by atoms with Crippen molar-refractivity contribution in [2.75, 3.05) is 23.3 Å². The fraction of sp³-hybridized carbons (Fsp3) is 0.208. The van der Waals surface area contributed by atoms with Gasteiger partial charge in [0.15, 0.2) is 0 Å². The van der Waals surface area contributed by atoms with Crippen LogP contribution in [0.2, 0.25) is 0 Å². The van der Waals surface area contributed by atoms with E-state index in [4.69, 9.17) is 5.10 Å². The van der Waals surface area contributed by atoms with Crippen LogP contribution in [0.1, 0.15) is 28.8 Å². The first kappa shape index (κ1) is 19.5. The van der Waals surface area contributed by atoms with E-state index < -0.39 is 0 Å². The van der Waals surface area contributed by atoms with E-state index in [0.717, 1.165) is 29.3 Å². The maximum Gasteiger partial charge on any atom is 0.259 e. The maximum atomic E-state index is 13.1. The Labute approximate surface area is 185 Å². The number of hydrogen-bond acceptors (Lipinski definition) is 5. The summed E-state index contributed by atoms with van der Waals surface area (Å²) < 4.78 is 1.83. The van der Waals surface area contributed by atoms with E-state index in [9.17, 15) is 4.79 Å². The molecule has 0 unspecified atom stereocenters. The minimum Gasteiger partial charge on any atom is -0.357 e. The zero-order chi connectivity index (χ0) is 21.0. The monoisotopic (exact) mass is 429 g/mol. The molecule has 6 nitrogen and oxygen atoms in total. The number of nitrogens with zero attached hydrogens (tertiary/aromatic N) is 4. The predicted molar refractivity (Wildman–Crippen MR) is 125 cm³/mol. The smallest absolute Gasteiger partial charge is 0.259 e. The van der Waals surface area contributed by atoms with Crippen molar-refractivity contribution in [3.63, 3.8) is 0 Å². The summed E-state index contributed by atoms with van der Waals surface area (Å²) in [5, 5.41) is 9.70. The molecule has 31 heavy (non-hydrogen) atoms. The zero-order valence-corrected chi connectivity index (χ0v) is 17.9. The van der Waals surface area contributed by atoms with Gasteiger partial charge in [0.25, 0.3) is 5.91 Å². The number of aromatic nitrogens is 3. The summed E-state index contributed by atoms with van der Waals surface area (Å²) in [4.78, 5) is 20.9. The molecule has 1 fully saturated rings. The number of nitrogens with one attached hydrogen (secondary N) is 1. The molecule has 1 aliphatic heterocycles. The summed E-state index contributed by atoms with van der Waals surface area (Å²) in [6.45, 7) is 2.70. The van der Waals surface area contributed by atoms with Gasteiger partial charge in [0, 0.05) is 19.3 Å². The van der Waals surface area contributed by atoms with Crippen LogP contribution in [0.15, 0.2) is 72.4 Å². The number of carbonyl (C=O) groups excluding carboxylic acids is 1. The van der Waals surface area contributed by atoms with Gasteiger partial charge in [-0.05, 0) is 42.0 Å². The lowest BCUT2D eigenvalue weighted by Gasteiger charge is -2.16. The highest BCUT2D eigenvalue weighted by molar-refractivity contribution is 7.13. The van der Waals surface area contributed by atoms with Gasteiger partial charge in [-0.15, -0.1) is 11.3 Å². The molecule has 4 heterocycles. The Balaban J connectivity index is 1.38. The molecule has 0 saturated carbocycles. The molecule has 1 aromatic carbocycles. The average molecular weight is 430 g/mol. The van der Waals surface area contributed by atoms with Crippen molar-refractivity contribution in [1.29, 1.82) is 0 Å². The van der Waals surface area contributed by atoms with E-state index in [-0.39, 0.29) is 5.91 Å². The molecule has 1 N–H and O–H groups in total. The summed E-state index contributed by atoms with van der Waals surface area (Å²) in [5.41, 5.74) is 3.07. The van der Waals surface area contributed by atoms with Gasteiger partial charge in [-0.1, -0.05) is 36.4 Å². The Morgan fingerprint density at radius 3 is 2.58 bits per heavy atom. The van der Waals surface area contributed by atoms with E-state index in [1.165, 1.54) is 12.8 Å². The third-order valence-electron chi connectivity index (χ3n) is 5.38. The van der Waals surface area contributed by atoms with Crippen molar-refractivity contribution in [1.82, 2.24) is 14.8 Å². The lowest BCUT2D eigenvalue weighted by Crippen LogP contribution is -2.19. The second-order valence-electron chi connectivity index (χ2n) is 7.61. The number of hydrogen-bond donors (Lipinski definition) is 1. The first-order valence-corrected chi connectivity index (χ1v) is 11.3. The first-order valence-electron chi connectivity index (χ1n) is 10.4. The molecule has 1 saturated heterocycles. The molecule has 0 spiro atoms. The van der Waals surface area contributed by atoms with E-state index in [0.29, 0.717) is 23.5 Å². The summed E-state index contributed by atoms with van der Waals surface area (Å²) in [5.74, 6) is 0.781. The van der Waals surface area contributed by atoms with Gasteiger partial charge >= 0.3 is 0 Å². The van der Waals surface area contributed by atoms with Crippen molar-refractivity contribution < 1.29 is 4.79 Å². The normalized spacial score (nSPS) is 13.5. The van der Waals surface area contributed by atoms with Crippen molar-refractivity contribution >= 4 is 28.7 Å². The number of benzene rings is 1. The van der Waals surface area contributed by atoms with E-state index >= 15 is 0 Å². The highest BCUT2D eigenvalue weighted by atomic mass is 32.1. The van der Waals surface area contributed by atoms with E-state index in [1.807, 2.05) is 58.7 Å². The van der Waals surface area contributed by atoms with Gasteiger partial charge in [-0.2, -0.15) is 5.10 Å². The fourth-order valence-electron chi connectivity index (χ4n) is 3.83. The fourth-order valence-corrected chi connectivity index (χ4v) is 4.55. The van der Waals surface area contributed by atoms with Crippen molar-refractivity contribution in [3.05, 3.63) is 83.5 Å². The Morgan fingerprint density at radius 2 is 1.87 bits per heavy atom. The molecule has 1 aliphatic rings. The van der Waals surface area contributed by atoms with Gasteiger partial charge < -0.3 is 10.2 Å². The van der Waals surface area contributed by atoms with Gasteiger partial charge in [0.1, 0.15) is 11.5 Å². The molecular weight excluding hydrogens is 406 g/mol. The topological polar surface area (TPSA) is 63.1 Å². The summed E-state index contributed by atoms with van der Waals surface area (Å²) in [6, 6.07) is 18.0. The summed E-state index contributed by atoms with van der Waals surface area (Å²) in [7, 11) is 0. The van der Waals surface area contributed by atoms with Crippen LogP contribution in [0.4, 0.5) is 11.5 Å². The van der Waals surface area contributed by atoms with Crippen LogP contribution in [0, 0.1) is 0 Å². The van der Waals surface area contributed by atoms with Crippen LogP contribution < -0.4 is 10.2 Å². The molecule has 156 valence electrons. The summed E-state index contributed by atoms with van der Waals surface area (Å²) in [6.07, 6.45) is 5.96. The number of rotatable bonds is 6. The van der Waals surface area contributed by atoms with Crippen LogP contribution in [0.5, 0.6) is 0 Å². The molecule has 0 radical (unpaired) electrons. The molecule has 0 aliphatic carbocycles. The summed E-state index contributed by atoms with van der Waals surface area (Å²) >= 11 is 1.58. The Hall–Kier alpha value is -3.45. The standard InChI is InChI=1S/C24H23N5OS/c30-24(26-19-10-11-22(25-15-19)28-12-4-5-13-28)20-17-29(16-18-7-2-1-3-8-18)27-23(20)21-9-6-14-31-21/h1-3,6-11,14-15,17H,4-5,12-13,16H2,(H,26,30). The first-order chi connectivity index (χ1) is 15.3. The van der Waals surface area contributed by atoms with Gasteiger partial charge in [-0.3, -0.25) is 9.48 Å². The van der Waals surface area contributed by atoms with Crippen LogP contribution in [0.25, 0.3) is 10.6 Å². The second-order valence-corrected chi connectivity index (χ2v) is 8.55. The molecule has 0 bridgehead atoms. The predicted octanol–water partition coefficient (Wildman–Crippen LogP) is 4.91. The number of pyridine rings is 1. The third-order valence-corrected chi connectivity index (χ3v) is 6.26. The molecule has 4 aromatic rings. The number of thiophene rings is 1. The zero-order valence-electron chi connectivity index (χ0n) is 17.1. The van der Waals surface area contributed by atoms with Crippen molar-refractivity contribution in [3.8, 4) is 10.6 Å². The number of carbonyl (C=O) groups is 1. The number of anilines is 2. The number of amides is 1. The maximum absolute atomic E-state index is 13.1. The van der Waals surface area contributed by atoms with Crippen LogP contribution in [-0.4, -0.2) is 33.8 Å². The van der Waals surface area contributed by atoms with Crippen LogP contribution >= 0.6 is 11.3 Å². The molecule has 7 heteroatoms. The Bertz CT molecular complexity index is 1150. The Morgan fingerprint density at radius 1 is 1.03 bits per heavy atom. The Kier molecular flexibility index (Phi) is 5.50. The lowest BCUT2D eigenvalue weighted by atomic mass is 10.2. The average Bonchev–Trinajstić information content (AvgIpc) is 3.56. The highest BCUT2D eigenvalue weighted by Gasteiger charge is 2.20. The van der Waals surface area contributed by atoms with Crippen LogP contribution in [-0.2, 0) is 6.54 Å². The second kappa shape index (κ2) is 8.73.